The van der Waals surface area contributed by atoms with E-state index in [9.17, 15) is 0 Å². The van der Waals surface area contributed by atoms with Crippen LogP contribution >= 0.6 is 12.2 Å². The van der Waals surface area contributed by atoms with Crippen molar-refractivity contribution in [2.75, 3.05) is 26.3 Å². The summed E-state index contributed by atoms with van der Waals surface area (Å²) in [5, 5.41) is 0. The molecule has 0 spiro atoms. The fraction of sp³-hybridized carbons (Fsp3) is 0.833. The summed E-state index contributed by atoms with van der Waals surface area (Å²) in [5.74, 6) is 1.17. The van der Waals surface area contributed by atoms with Gasteiger partial charge in [-0.05, 0) is 25.1 Å². The van der Waals surface area contributed by atoms with Gasteiger partial charge in [0.25, 0.3) is 0 Å². The van der Waals surface area contributed by atoms with Crippen molar-refractivity contribution in [2.45, 2.75) is 38.9 Å². The lowest BCUT2D eigenvalue weighted by Gasteiger charge is -2.27. The van der Waals surface area contributed by atoms with Gasteiger partial charge in [0, 0.05) is 26.1 Å². The van der Waals surface area contributed by atoms with Crippen molar-refractivity contribution in [1.29, 1.82) is 0 Å². The zero-order chi connectivity index (χ0) is 12.4. The largest absolute Gasteiger partial charge is 0.379 e. The summed E-state index contributed by atoms with van der Waals surface area (Å²) in [6.45, 7) is 5.55. The van der Waals surface area contributed by atoms with E-state index in [0.717, 1.165) is 50.7 Å². The molecule has 5 nitrogen and oxygen atoms in total. The van der Waals surface area contributed by atoms with E-state index in [4.69, 9.17) is 17.0 Å². The van der Waals surface area contributed by atoms with Crippen LogP contribution in [0.1, 0.15) is 25.1 Å². The zero-order valence-corrected chi connectivity index (χ0v) is 11.5. The van der Waals surface area contributed by atoms with Crippen molar-refractivity contribution in [2.24, 2.45) is 0 Å². The van der Waals surface area contributed by atoms with Crippen molar-refractivity contribution in [3.63, 3.8) is 0 Å². The average molecular weight is 268 g/mol. The van der Waals surface area contributed by atoms with Crippen LogP contribution in [-0.2, 0) is 24.4 Å². The summed E-state index contributed by atoms with van der Waals surface area (Å²) in [7, 11) is 0. The molecule has 1 saturated heterocycles. The number of morpholine rings is 1. The average Bonchev–Trinajstić information content (AvgIpc) is 2.56. The highest BCUT2D eigenvalue weighted by atomic mass is 32.1. The van der Waals surface area contributed by atoms with Gasteiger partial charge in [-0.15, -0.1) is 0 Å². The van der Waals surface area contributed by atoms with Crippen LogP contribution in [0.5, 0.6) is 0 Å². The normalized spacial score (nSPS) is 21.6. The predicted molar refractivity (Wildman–Crippen MR) is 71.0 cm³/mol. The molecule has 0 radical (unpaired) electrons. The maximum Gasteiger partial charge on any atom is 0.217 e. The van der Waals surface area contributed by atoms with Crippen molar-refractivity contribution in [1.82, 2.24) is 19.2 Å². The minimum absolute atomic E-state index is 0.735. The van der Waals surface area contributed by atoms with Crippen LogP contribution in [0.3, 0.4) is 0 Å². The smallest absolute Gasteiger partial charge is 0.217 e. The van der Waals surface area contributed by atoms with Gasteiger partial charge in [-0.25, -0.2) is 9.67 Å². The van der Waals surface area contributed by atoms with Gasteiger partial charge in [-0.3, -0.25) is 9.58 Å². The summed E-state index contributed by atoms with van der Waals surface area (Å²) >= 11 is 5.41. The molecule has 0 unspecified atom stereocenters. The van der Waals surface area contributed by atoms with E-state index in [1.54, 1.807) is 0 Å². The van der Waals surface area contributed by atoms with E-state index in [1.165, 1.54) is 25.1 Å². The highest BCUT2D eigenvalue weighted by molar-refractivity contribution is 7.71. The van der Waals surface area contributed by atoms with Gasteiger partial charge in [-0.2, -0.15) is 0 Å². The van der Waals surface area contributed by atoms with E-state index >= 15 is 0 Å². The molecule has 1 aromatic heterocycles. The first-order valence-electron chi connectivity index (χ1n) is 6.81. The molecular formula is C12H20N4OS. The molecule has 0 saturated carbocycles. The Morgan fingerprint density at radius 1 is 1.11 bits per heavy atom. The monoisotopic (exact) mass is 268 g/mol. The molecule has 6 heteroatoms. The molecule has 1 aromatic rings. The van der Waals surface area contributed by atoms with E-state index < -0.39 is 0 Å². The standard InChI is InChI=1S/C12H20N4OS/c18-12-13-11-4-2-1-3-5-15(11)16(12)10-14-6-8-17-9-7-14/h1-10H2. The molecule has 1 fully saturated rings. The Morgan fingerprint density at radius 3 is 2.78 bits per heavy atom. The quantitative estimate of drug-likeness (QED) is 0.760. The summed E-state index contributed by atoms with van der Waals surface area (Å²) < 4.78 is 10.6. The number of aromatic nitrogens is 3. The van der Waals surface area contributed by atoms with Gasteiger partial charge in [0.05, 0.1) is 19.9 Å². The molecule has 3 rings (SSSR count). The first-order chi connectivity index (χ1) is 8.84. The number of aryl methyl sites for hydroxylation is 1. The van der Waals surface area contributed by atoms with Crippen molar-refractivity contribution < 1.29 is 4.74 Å². The molecule has 0 aliphatic carbocycles. The van der Waals surface area contributed by atoms with Gasteiger partial charge in [0.15, 0.2) is 0 Å². The lowest BCUT2D eigenvalue weighted by molar-refractivity contribution is 0.0184. The van der Waals surface area contributed by atoms with Crippen LogP contribution in [0, 0.1) is 4.77 Å². The molecule has 0 aromatic carbocycles. The molecule has 100 valence electrons. The summed E-state index contributed by atoms with van der Waals surface area (Å²) in [6.07, 6.45) is 4.85. The molecule has 0 amide bonds. The van der Waals surface area contributed by atoms with Gasteiger partial charge >= 0.3 is 0 Å². The third-order valence-corrected chi connectivity index (χ3v) is 4.04. The molecule has 18 heavy (non-hydrogen) atoms. The second kappa shape index (κ2) is 5.50. The second-order valence-corrected chi connectivity index (χ2v) is 5.38. The number of fused-ring (bicyclic) bond motifs is 1. The molecule has 0 atom stereocenters. The fourth-order valence-electron chi connectivity index (χ4n) is 2.69. The summed E-state index contributed by atoms with van der Waals surface area (Å²) in [4.78, 5) is 6.95. The number of rotatable bonds is 2. The van der Waals surface area contributed by atoms with E-state index in [-0.39, 0.29) is 0 Å². The highest BCUT2D eigenvalue weighted by Crippen LogP contribution is 2.14. The Kier molecular flexibility index (Phi) is 3.77. The highest BCUT2D eigenvalue weighted by Gasteiger charge is 2.17. The maximum absolute atomic E-state index is 5.41. The van der Waals surface area contributed by atoms with Gasteiger partial charge < -0.3 is 4.74 Å². The minimum atomic E-state index is 0.735. The molecule has 0 bridgehead atoms. The van der Waals surface area contributed by atoms with Gasteiger partial charge in [0.1, 0.15) is 5.82 Å². The lowest BCUT2D eigenvalue weighted by atomic mass is 10.2. The molecule has 2 aliphatic heterocycles. The molecule has 0 N–H and O–H groups in total. The van der Waals surface area contributed by atoms with Crippen LogP contribution in [0.25, 0.3) is 0 Å². The van der Waals surface area contributed by atoms with Crippen molar-refractivity contribution >= 4 is 12.2 Å². The van der Waals surface area contributed by atoms with Crippen LogP contribution in [-0.4, -0.2) is 45.6 Å². The summed E-state index contributed by atoms with van der Waals surface area (Å²) in [5.41, 5.74) is 0. The lowest BCUT2D eigenvalue weighted by Crippen LogP contribution is -2.38. The summed E-state index contributed by atoms with van der Waals surface area (Å²) in [6, 6.07) is 0. The Bertz CT molecular complexity index is 461. The number of hydrogen-bond acceptors (Lipinski definition) is 4. The van der Waals surface area contributed by atoms with Crippen LogP contribution in [0.15, 0.2) is 0 Å². The zero-order valence-electron chi connectivity index (χ0n) is 10.7. The minimum Gasteiger partial charge on any atom is -0.379 e. The number of nitrogens with zero attached hydrogens (tertiary/aromatic N) is 4. The molecule has 3 heterocycles. The van der Waals surface area contributed by atoms with E-state index in [0.29, 0.717) is 0 Å². The third-order valence-electron chi connectivity index (χ3n) is 3.74. The number of hydrogen-bond donors (Lipinski definition) is 0. The Balaban J connectivity index is 1.82. The van der Waals surface area contributed by atoms with Crippen LogP contribution in [0.4, 0.5) is 0 Å². The first kappa shape index (κ1) is 12.3. The maximum atomic E-state index is 5.41. The second-order valence-electron chi connectivity index (χ2n) is 5.02. The van der Waals surface area contributed by atoms with E-state index in [1.807, 2.05) is 0 Å². The Hall–Kier alpha value is -0.720. The van der Waals surface area contributed by atoms with Gasteiger partial charge in [-0.1, -0.05) is 6.42 Å². The number of ether oxygens (including phenoxy) is 1. The Morgan fingerprint density at radius 2 is 1.94 bits per heavy atom. The van der Waals surface area contributed by atoms with Crippen molar-refractivity contribution in [3.8, 4) is 0 Å². The first-order valence-corrected chi connectivity index (χ1v) is 7.22. The molecular weight excluding hydrogens is 248 g/mol. The SMILES string of the molecule is S=c1nc2n(n1CN1CCOCC1)CCCCC2. The third kappa shape index (κ3) is 2.50. The van der Waals surface area contributed by atoms with Gasteiger partial charge in [0.2, 0.25) is 4.77 Å². The van der Waals surface area contributed by atoms with Crippen LogP contribution < -0.4 is 0 Å². The fourth-order valence-corrected chi connectivity index (χ4v) is 2.96. The van der Waals surface area contributed by atoms with E-state index in [2.05, 4.69) is 19.2 Å². The Labute approximate surface area is 112 Å². The van der Waals surface area contributed by atoms with Crippen LogP contribution in [0.2, 0.25) is 0 Å². The van der Waals surface area contributed by atoms with Crippen molar-refractivity contribution in [3.05, 3.63) is 10.6 Å². The predicted octanol–water partition coefficient (Wildman–Crippen LogP) is 1.43. The molecule has 2 aliphatic rings. The topological polar surface area (TPSA) is 35.2 Å².